The minimum atomic E-state index is -0.529. The number of dihydropyridines is 1. The third kappa shape index (κ3) is 5.20. The standard InChI is InChI=1S/C24H30BrNO4S/c1-6-31-10-9-30-23(28)20-14(2)26-17-12-24(3,4)13-18(27)22(17)21(20)16-11-15(25)7-8-19(16)29-5/h7-8,11,21,26H,6,9-10,12-13H2,1-5H3/t21-/m1/s1. The molecule has 1 N–H and O–H groups in total. The van der Waals surface area contributed by atoms with Crippen LogP contribution < -0.4 is 10.1 Å². The number of allylic oxidation sites excluding steroid dienone is 3. The van der Waals surface area contributed by atoms with Crippen molar-refractivity contribution in [3.8, 4) is 5.75 Å². The summed E-state index contributed by atoms with van der Waals surface area (Å²) in [7, 11) is 1.60. The highest BCUT2D eigenvalue weighted by atomic mass is 79.9. The molecule has 1 atom stereocenters. The van der Waals surface area contributed by atoms with Crippen molar-refractivity contribution in [2.75, 3.05) is 25.2 Å². The summed E-state index contributed by atoms with van der Waals surface area (Å²) in [6.45, 7) is 8.48. The second-order valence-corrected chi connectivity index (χ2v) is 11.0. The average Bonchev–Trinajstić information content (AvgIpc) is 2.69. The van der Waals surface area contributed by atoms with Gasteiger partial charge in [0.05, 0.1) is 18.6 Å². The number of rotatable bonds is 7. The van der Waals surface area contributed by atoms with Crippen LogP contribution in [-0.4, -0.2) is 37.0 Å². The molecule has 3 rings (SSSR count). The molecule has 0 saturated carbocycles. The molecule has 0 fully saturated rings. The van der Waals surface area contributed by atoms with Crippen molar-refractivity contribution in [3.05, 3.63) is 50.8 Å². The highest BCUT2D eigenvalue weighted by molar-refractivity contribution is 9.10. The van der Waals surface area contributed by atoms with Crippen molar-refractivity contribution in [2.45, 2.75) is 46.5 Å². The number of halogens is 1. The van der Waals surface area contributed by atoms with E-state index in [0.29, 0.717) is 29.9 Å². The van der Waals surface area contributed by atoms with Crippen molar-refractivity contribution in [2.24, 2.45) is 5.41 Å². The fourth-order valence-electron chi connectivity index (χ4n) is 4.36. The Morgan fingerprint density at radius 1 is 1.32 bits per heavy atom. The fourth-order valence-corrected chi connectivity index (χ4v) is 5.23. The zero-order valence-electron chi connectivity index (χ0n) is 18.8. The lowest BCUT2D eigenvalue weighted by atomic mass is 9.68. The number of ether oxygens (including phenoxy) is 2. The molecule has 0 radical (unpaired) electrons. The number of methoxy groups -OCH3 is 1. The first-order chi connectivity index (χ1) is 14.7. The van der Waals surface area contributed by atoms with Gasteiger partial charge in [0.15, 0.2) is 5.78 Å². The molecule has 0 saturated heterocycles. The molecule has 0 aromatic heterocycles. The highest BCUT2D eigenvalue weighted by Crippen LogP contribution is 2.49. The van der Waals surface area contributed by atoms with Crippen LogP contribution in [0.1, 0.15) is 52.0 Å². The Morgan fingerprint density at radius 2 is 2.06 bits per heavy atom. The largest absolute Gasteiger partial charge is 0.496 e. The molecular weight excluding hydrogens is 478 g/mol. The van der Waals surface area contributed by atoms with E-state index < -0.39 is 11.9 Å². The number of ketones is 1. The Morgan fingerprint density at radius 3 is 2.74 bits per heavy atom. The molecule has 0 bridgehead atoms. The minimum Gasteiger partial charge on any atom is -0.496 e. The van der Waals surface area contributed by atoms with Crippen molar-refractivity contribution in [3.63, 3.8) is 0 Å². The van der Waals surface area contributed by atoms with Crippen LogP contribution in [0.15, 0.2) is 45.2 Å². The highest BCUT2D eigenvalue weighted by Gasteiger charge is 2.44. The van der Waals surface area contributed by atoms with Gasteiger partial charge in [0.1, 0.15) is 12.4 Å². The first kappa shape index (κ1) is 23.9. The summed E-state index contributed by atoms with van der Waals surface area (Å²) in [5.41, 5.74) is 3.40. The van der Waals surface area contributed by atoms with Crippen molar-refractivity contribution < 1.29 is 19.1 Å². The lowest BCUT2D eigenvalue weighted by molar-refractivity contribution is -0.138. The van der Waals surface area contributed by atoms with Gasteiger partial charge >= 0.3 is 5.97 Å². The first-order valence-corrected chi connectivity index (χ1v) is 12.5. The maximum Gasteiger partial charge on any atom is 0.336 e. The van der Waals surface area contributed by atoms with E-state index >= 15 is 0 Å². The first-order valence-electron chi connectivity index (χ1n) is 10.5. The van der Waals surface area contributed by atoms with Gasteiger partial charge in [0.25, 0.3) is 0 Å². The van der Waals surface area contributed by atoms with Crippen LogP contribution in [0.25, 0.3) is 0 Å². The number of Topliss-reactive ketones (excluding diaryl/α,β-unsaturated/α-hetero) is 1. The fraction of sp³-hybridized carbons (Fsp3) is 0.500. The van der Waals surface area contributed by atoms with Gasteiger partial charge in [-0.1, -0.05) is 36.7 Å². The molecule has 2 aliphatic rings. The topological polar surface area (TPSA) is 64.6 Å². The SMILES string of the molecule is CCSCCOC(=O)C1=C(C)NC2=C(C(=O)CC(C)(C)C2)[C@@H]1c1cc(Br)ccc1OC. The number of carbonyl (C=O) groups excluding carboxylic acids is 2. The maximum atomic E-state index is 13.4. The summed E-state index contributed by atoms with van der Waals surface area (Å²) >= 11 is 5.26. The number of hydrogen-bond acceptors (Lipinski definition) is 6. The molecule has 1 aliphatic heterocycles. The zero-order chi connectivity index (χ0) is 22.8. The van der Waals surface area contributed by atoms with Gasteiger partial charge in [-0.2, -0.15) is 11.8 Å². The predicted molar refractivity (Wildman–Crippen MR) is 128 cm³/mol. The summed E-state index contributed by atoms with van der Waals surface area (Å²) in [5, 5.41) is 3.37. The van der Waals surface area contributed by atoms with Crippen molar-refractivity contribution in [1.29, 1.82) is 0 Å². The van der Waals surface area contributed by atoms with Crippen LogP contribution >= 0.6 is 27.7 Å². The van der Waals surface area contributed by atoms with Gasteiger partial charge < -0.3 is 14.8 Å². The predicted octanol–water partition coefficient (Wildman–Crippen LogP) is 5.36. The number of nitrogens with one attached hydrogen (secondary N) is 1. The molecule has 1 aromatic rings. The molecule has 0 spiro atoms. The summed E-state index contributed by atoms with van der Waals surface area (Å²) in [6.07, 6.45) is 1.18. The van der Waals surface area contributed by atoms with E-state index in [9.17, 15) is 9.59 Å². The normalized spacial score (nSPS) is 20.3. The lowest BCUT2D eigenvalue weighted by Gasteiger charge is -2.39. The maximum absolute atomic E-state index is 13.4. The smallest absolute Gasteiger partial charge is 0.336 e. The van der Waals surface area contributed by atoms with Crippen LogP contribution in [0.4, 0.5) is 0 Å². The third-order valence-electron chi connectivity index (χ3n) is 5.63. The molecule has 5 nitrogen and oxygen atoms in total. The van der Waals surface area contributed by atoms with Crippen molar-refractivity contribution >= 4 is 39.4 Å². The van der Waals surface area contributed by atoms with Gasteiger partial charge in [-0.05, 0) is 42.7 Å². The van der Waals surface area contributed by atoms with Crippen LogP contribution in [-0.2, 0) is 14.3 Å². The van der Waals surface area contributed by atoms with Gasteiger partial charge in [0.2, 0.25) is 0 Å². The summed E-state index contributed by atoms with van der Waals surface area (Å²) in [5.74, 6) is 1.49. The molecule has 31 heavy (non-hydrogen) atoms. The third-order valence-corrected chi connectivity index (χ3v) is 6.98. The van der Waals surface area contributed by atoms with E-state index in [2.05, 4.69) is 42.0 Å². The number of benzene rings is 1. The van der Waals surface area contributed by atoms with Gasteiger partial charge in [-0.15, -0.1) is 0 Å². The summed E-state index contributed by atoms with van der Waals surface area (Å²) < 4.78 is 12.1. The van der Waals surface area contributed by atoms with Crippen LogP contribution in [0.3, 0.4) is 0 Å². The van der Waals surface area contributed by atoms with E-state index in [-0.39, 0.29) is 11.2 Å². The van der Waals surface area contributed by atoms with Crippen LogP contribution in [0.5, 0.6) is 5.75 Å². The molecule has 0 unspecified atom stereocenters. The van der Waals surface area contributed by atoms with E-state index in [1.165, 1.54) is 0 Å². The molecular formula is C24H30BrNO4S. The lowest BCUT2D eigenvalue weighted by Crippen LogP contribution is -2.38. The van der Waals surface area contributed by atoms with Crippen molar-refractivity contribution in [1.82, 2.24) is 5.32 Å². The van der Waals surface area contributed by atoms with Gasteiger partial charge in [-0.25, -0.2) is 4.79 Å². The Balaban J connectivity index is 2.11. The zero-order valence-corrected chi connectivity index (χ0v) is 21.2. The molecule has 0 amide bonds. The Hall–Kier alpha value is -1.73. The number of carbonyl (C=O) groups is 2. The summed E-state index contributed by atoms with van der Waals surface area (Å²) in [4.78, 5) is 26.6. The number of hydrogen-bond donors (Lipinski definition) is 1. The monoisotopic (exact) mass is 507 g/mol. The van der Waals surface area contributed by atoms with Crippen LogP contribution in [0.2, 0.25) is 0 Å². The van der Waals surface area contributed by atoms with Gasteiger partial charge in [0, 0.05) is 39.2 Å². The molecule has 1 aliphatic carbocycles. The number of thioether (sulfide) groups is 1. The second-order valence-electron chi connectivity index (χ2n) is 8.65. The van der Waals surface area contributed by atoms with Gasteiger partial charge in [-0.3, -0.25) is 4.79 Å². The van der Waals surface area contributed by atoms with Crippen LogP contribution in [0, 0.1) is 5.41 Å². The molecule has 168 valence electrons. The van der Waals surface area contributed by atoms with E-state index in [0.717, 1.165) is 39.4 Å². The molecule has 1 aromatic carbocycles. The average molecular weight is 508 g/mol. The Labute approximate surface area is 197 Å². The quantitative estimate of drug-likeness (QED) is 0.395. The molecule has 1 heterocycles. The van der Waals surface area contributed by atoms with E-state index in [4.69, 9.17) is 9.47 Å². The molecule has 7 heteroatoms. The number of esters is 1. The summed E-state index contributed by atoms with van der Waals surface area (Å²) in [6, 6.07) is 5.68. The Bertz CT molecular complexity index is 951. The minimum absolute atomic E-state index is 0.0603. The second kappa shape index (κ2) is 9.82. The van der Waals surface area contributed by atoms with E-state index in [1.54, 1.807) is 18.9 Å². The van der Waals surface area contributed by atoms with E-state index in [1.807, 2.05) is 25.1 Å². The Kier molecular flexibility index (Phi) is 7.58.